The van der Waals surface area contributed by atoms with Crippen molar-refractivity contribution in [3.8, 4) is 0 Å². The molecule has 1 heterocycles. The number of methoxy groups -OCH3 is 1. The number of aromatic nitrogens is 1. The fourth-order valence-electron chi connectivity index (χ4n) is 0.845. The molecule has 0 bridgehead atoms. The van der Waals surface area contributed by atoms with Crippen LogP contribution in [-0.2, 0) is 9.53 Å². The molecule has 4 nitrogen and oxygen atoms in total. The van der Waals surface area contributed by atoms with Gasteiger partial charge in [-0.2, -0.15) is 0 Å². The van der Waals surface area contributed by atoms with E-state index in [0.29, 0.717) is 10.7 Å². The Balaban J connectivity index is 2.66. The second-order valence-corrected chi connectivity index (χ2v) is 3.68. The van der Waals surface area contributed by atoms with Crippen LogP contribution in [-0.4, -0.2) is 23.8 Å². The van der Waals surface area contributed by atoms with Gasteiger partial charge in [-0.15, -0.1) is 0 Å². The quantitative estimate of drug-likeness (QED) is 0.603. The number of nitrogen functional groups attached to an aromatic ring is 1. The van der Waals surface area contributed by atoms with Crippen LogP contribution in [0.4, 0.5) is 5.69 Å². The van der Waals surface area contributed by atoms with Crippen LogP contribution >= 0.6 is 11.8 Å². The van der Waals surface area contributed by atoms with Crippen molar-refractivity contribution in [1.29, 1.82) is 0 Å². The predicted molar refractivity (Wildman–Crippen MR) is 56.1 cm³/mol. The Labute approximate surface area is 86.8 Å². The molecule has 0 unspecified atom stereocenters. The van der Waals surface area contributed by atoms with E-state index < -0.39 is 0 Å². The Morgan fingerprint density at radius 3 is 3.00 bits per heavy atom. The van der Waals surface area contributed by atoms with Gasteiger partial charge in [0.2, 0.25) is 0 Å². The molecule has 1 rings (SSSR count). The van der Waals surface area contributed by atoms with Gasteiger partial charge >= 0.3 is 5.97 Å². The second kappa shape index (κ2) is 4.85. The van der Waals surface area contributed by atoms with E-state index in [4.69, 9.17) is 5.73 Å². The van der Waals surface area contributed by atoms with Gasteiger partial charge in [0.15, 0.2) is 0 Å². The third kappa shape index (κ3) is 2.92. The van der Waals surface area contributed by atoms with E-state index in [2.05, 4.69) is 9.72 Å². The summed E-state index contributed by atoms with van der Waals surface area (Å²) in [5.41, 5.74) is 7.15. The number of thioether (sulfide) groups is 1. The maximum Gasteiger partial charge on any atom is 0.316 e. The molecule has 76 valence electrons. The summed E-state index contributed by atoms with van der Waals surface area (Å²) in [6.45, 7) is 1.88. The van der Waals surface area contributed by atoms with E-state index in [1.165, 1.54) is 18.9 Å². The number of nitrogens with two attached hydrogens (primary N) is 1. The first-order chi connectivity index (χ1) is 6.63. The number of anilines is 1. The highest BCUT2D eigenvalue weighted by molar-refractivity contribution is 8.00. The van der Waals surface area contributed by atoms with Gasteiger partial charge in [0.1, 0.15) is 5.03 Å². The van der Waals surface area contributed by atoms with E-state index in [0.717, 1.165) is 5.69 Å². The Kier molecular flexibility index (Phi) is 3.76. The molecule has 0 aliphatic rings. The van der Waals surface area contributed by atoms with Crippen LogP contribution in [0.15, 0.2) is 17.2 Å². The van der Waals surface area contributed by atoms with E-state index >= 15 is 0 Å². The molecule has 0 saturated heterocycles. The van der Waals surface area contributed by atoms with Crippen molar-refractivity contribution in [2.75, 3.05) is 18.6 Å². The SMILES string of the molecule is COC(=O)CSc1nc(C)ccc1N. The average Bonchev–Trinajstić information content (AvgIpc) is 2.19. The van der Waals surface area contributed by atoms with Crippen LogP contribution < -0.4 is 5.73 Å². The first-order valence-corrected chi connectivity index (χ1v) is 5.05. The lowest BCUT2D eigenvalue weighted by Crippen LogP contribution is -2.04. The van der Waals surface area contributed by atoms with Gasteiger partial charge in [-0.1, -0.05) is 11.8 Å². The molecule has 0 radical (unpaired) electrons. The second-order valence-electron chi connectivity index (χ2n) is 2.71. The van der Waals surface area contributed by atoms with Crippen LogP contribution in [0.1, 0.15) is 5.69 Å². The topological polar surface area (TPSA) is 65.2 Å². The standard InChI is InChI=1S/C9H12N2O2S/c1-6-3-4-7(10)9(11-6)14-5-8(12)13-2/h3-4H,5,10H2,1-2H3. The maximum absolute atomic E-state index is 10.9. The van der Waals surface area contributed by atoms with Crippen LogP contribution in [0, 0.1) is 6.92 Å². The molecule has 0 aromatic carbocycles. The number of ether oxygens (including phenoxy) is 1. The fraction of sp³-hybridized carbons (Fsp3) is 0.333. The monoisotopic (exact) mass is 212 g/mol. The van der Waals surface area contributed by atoms with Gasteiger partial charge in [-0.05, 0) is 19.1 Å². The number of hydrogen-bond acceptors (Lipinski definition) is 5. The summed E-state index contributed by atoms with van der Waals surface area (Å²) in [6, 6.07) is 3.61. The number of carbonyl (C=O) groups excluding carboxylic acids is 1. The molecule has 0 aliphatic heterocycles. The zero-order chi connectivity index (χ0) is 10.6. The summed E-state index contributed by atoms with van der Waals surface area (Å²) in [4.78, 5) is 15.1. The highest BCUT2D eigenvalue weighted by Crippen LogP contribution is 2.22. The summed E-state index contributed by atoms with van der Waals surface area (Å²) >= 11 is 1.28. The van der Waals surface area contributed by atoms with Crippen molar-refractivity contribution in [2.45, 2.75) is 11.9 Å². The van der Waals surface area contributed by atoms with Gasteiger partial charge in [-0.3, -0.25) is 4.79 Å². The normalized spacial score (nSPS) is 9.86. The molecule has 5 heteroatoms. The number of hydrogen-bond donors (Lipinski definition) is 1. The van der Waals surface area contributed by atoms with Crippen molar-refractivity contribution >= 4 is 23.4 Å². The number of carbonyl (C=O) groups is 1. The molecule has 2 N–H and O–H groups in total. The van der Waals surface area contributed by atoms with E-state index in [1.54, 1.807) is 6.07 Å². The molecule has 0 aliphatic carbocycles. The largest absolute Gasteiger partial charge is 0.468 e. The van der Waals surface area contributed by atoms with E-state index in [9.17, 15) is 4.79 Å². The van der Waals surface area contributed by atoms with Crippen molar-refractivity contribution in [3.63, 3.8) is 0 Å². The lowest BCUT2D eigenvalue weighted by Gasteiger charge is -2.04. The molecular formula is C9H12N2O2S. The summed E-state index contributed by atoms with van der Waals surface area (Å²) in [5.74, 6) is -0.0466. The van der Waals surface area contributed by atoms with Gasteiger partial charge in [-0.25, -0.2) is 4.98 Å². The summed E-state index contributed by atoms with van der Waals surface area (Å²) in [7, 11) is 1.36. The lowest BCUT2D eigenvalue weighted by molar-refractivity contribution is -0.137. The van der Waals surface area contributed by atoms with Crippen molar-refractivity contribution in [3.05, 3.63) is 17.8 Å². The average molecular weight is 212 g/mol. The Hall–Kier alpha value is -1.23. The third-order valence-corrected chi connectivity index (χ3v) is 2.56. The highest BCUT2D eigenvalue weighted by atomic mass is 32.2. The molecular weight excluding hydrogens is 200 g/mol. The number of pyridine rings is 1. The zero-order valence-electron chi connectivity index (χ0n) is 8.11. The minimum Gasteiger partial charge on any atom is -0.468 e. The van der Waals surface area contributed by atoms with Crippen LogP contribution in [0.5, 0.6) is 0 Å². The first-order valence-electron chi connectivity index (χ1n) is 4.06. The van der Waals surface area contributed by atoms with Gasteiger partial charge in [0.25, 0.3) is 0 Å². The summed E-state index contributed by atoms with van der Waals surface area (Å²) in [6.07, 6.45) is 0. The summed E-state index contributed by atoms with van der Waals surface area (Å²) in [5, 5.41) is 0.676. The zero-order valence-corrected chi connectivity index (χ0v) is 8.93. The van der Waals surface area contributed by atoms with Gasteiger partial charge in [0.05, 0.1) is 18.6 Å². The molecule has 0 atom stereocenters. The predicted octanol–water partition coefficient (Wildman–Crippen LogP) is 1.24. The molecule has 0 spiro atoms. The van der Waals surface area contributed by atoms with Crippen LogP contribution in [0.3, 0.4) is 0 Å². The smallest absolute Gasteiger partial charge is 0.316 e. The molecule has 0 saturated carbocycles. The number of rotatable bonds is 3. The Morgan fingerprint density at radius 2 is 2.36 bits per heavy atom. The number of nitrogens with zero attached hydrogens (tertiary/aromatic N) is 1. The minimum absolute atomic E-state index is 0.233. The van der Waals surface area contributed by atoms with Gasteiger partial charge in [0, 0.05) is 5.69 Å². The molecule has 0 fully saturated rings. The Bertz CT molecular complexity index is 342. The fourth-order valence-corrected chi connectivity index (χ4v) is 1.66. The minimum atomic E-state index is -0.280. The molecule has 1 aromatic rings. The van der Waals surface area contributed by atoms with Crippen molar-refractivity contribution in [2.24, 2.45) is 0 Å². The summed E-state index contributed by atoms with van der Waals surface area (Å²) < 4.78 is 4.51. The molecule has 0 amide bonds. The maximum atomic E-state index is 10.9. The van der Waals surface area contributed by atoms with Crippen LogP contribution in [0.2, 0.25) is 0 Å². The van der Waals surface area contributed by atoms with E-state index in [-0.39, 0.29) is 11.7 Å². The van der Waals surface area contributed by atoms with Gasteiger partial charge < -0.3 is 10.5 Å². The first kappa shape index (κ1) is 10.8. The molecule has 1 aromatic heterocycles. The lowest BCUT2D eigenvalue weighted by atomic mass is 10.3. The Morgan fingerprint density at radius 1 is 1.64 bits per heavy atom. The van der Waals surface area contributed by atoms with Crippen molar-refractivity contribution < 1.29 is 9.53 Å². The number of aryl methyl sites for hydroxylation is 1. The molecule has 14 heavy (non-hydrogen) atoms. The van der Waals surface area contributed by atoms with Crippen LogP contribution in [0.25, 0.3) is 0 Å². The third-order valence-electron chi connectivity index (χ3n) is 1.58. The van der Waals surface area contributed by atoms with Crippen molar-refractivity contribution in [1.82, 2.24) is 4.98 Å². The van der Waals surface area contributed by atoms with E-state index in [1.807, 2.05) is 13.0 Å². The number of esters is 1. The highest BCUT2D eigenvalue weighted by Gasteiger charge is 2.06.